The summed E-state index contributed by atoms with van der Waals surface area (Å²) in [5, 5.41) is 8.95. The van der Waals surface area contributed by atoms with E-state index in [4.69, 9.17) is 5.11 Å². The Bertz CT molecular complexity index is 599. The molecule has 2 aromatic rings. The Morgan fingerprint density at radius 3 is 2.53 bits per heavy atom. The molecule has 19 heavy (non-hydrogen) atoms. The molecule has 0 unspecified atom stereocenters. The van der Waals surface area contributed by atoms with Crippen molar-refractivity contribution in [2.24, 2.45) is 0 Å². The van der Waals surface area contributed by atoms with Crippen LogP contribution in [0.4, 0.5) is 8.78 Å². The second-order valence-electron chi connectivity index (χ2n) is 4.78. The van der Waals surface area contributed by atoms with E-state index in [2.05, 4.69) is 4.98 Å². The minimum atomic E-state index is -0.671. The van der Waals surface area contributed by atoms with Crippen molar-refractivity contribution in [3.63, 3.8) is 0 Å². The SMILES string of the molecule is OCc1cc(F)c(-n2cnc3c2CCCC3)c(F)c1. The maximum atomic E-state index is 14.0. The summed E-state index contributed by atoms with van der Waals surface area (Å²) in [5.41, 5.74) is 1.94. The summed E-state index contributed by atoms with van der Waals surface area (Å²) in [6, 6.07) is 2.32. The maximum Gasteiger partial charge on any atom is 0.150 e. The van der Waals surface area contributed by atoms with E-state index < -0.39 is 11.6 Å². The van der Waals surface area contributed by atoms with Gasteiger partial charge in [0.15, 0.2) is 11.6 Å². The third kappa shape index (κ3) is 2.04. The summed E-state index contributed by atoms with van der Waals surface area (Å²) in [6.07, 6.45) is 5.21. The molecule has 0 atom stereocenters. The van der Waals surface area contributed by atoms with Gasteiger partial charge in [-0.1, -0.05) is 0 Å². The molecule has 1 aromatic heterocycles. The van der Waals surface area contributed by atoms with E-state index in [1.807, 2.05) is 0 Å². The number of aliphatic hydroxyl groups excluding tert-OH is 1. The lowest BCUT2D eigenvalue weighted by atomic mass is 10.0. The Morgan fingerprint density at radius 2 is 1.84 bits per heavy atom. The summed E-state index contributed by atoms with van der Waals surface area (Å²) >= 11 is 0. The summed E-state index contributed by atoms with van der Waals surface area (Å²) in [7, 11) is 0. The predicted molar refractivity (Wildman–Crippen MR) is 66.0 cm³/mol. The molecule has 0 aliphatic heterocycles. The van der Waals surface area contributed by atoms with Crippen molar-refractivity contribution in [2.75, 3.05) is 0 Å². The minimum Gasteiger partial charge on any atom is -0.392 e. The summed E-state index contributed by atoms with van der Waals surface area (Å²) < 4.78 is 29.6. The van der Waals surface area contributed by atoms with Gasteiger partial charge in [-0.15, -0.1) is 0 Å². The molecule has 1 heterocycles. The lowest BCUT2D eigenvalue weighted by molar-refractivity contribution is 0.280. The van der Waals surface area contributed by atoms with Gasteiger partial charge in [0.1, 0.15) is 5.69 Å². The molecule has 0 saturated carbocycles. The zero-order chi connectivity index (χ0) is 13.4. The number of nitrogens with zero attached hydrogens (tertiary/aromatic N) is 2. The Morgan fingerprint density at radius 1 is 1.16 bits per heavy atom. The number of hydrogen-bond acceptors (Lipinski definition) is 2. The molecule has 0 bridgehead atoms. The lowest BCUT2D eigenvalue weighted by Gasteiger charge is -2.15. The molecule has 1 aliphatic rings. The Labute approximate surface area is 109 Å². The van der Waals surface area contributed by atoms with Gasteiger partial charge in [-0.05, 0) is 43.4 Å². The van der Waals surface area contributed by atoms with Crippen molar-refractivity contribution >= 4 is 0 Å². The monoisotopic (exact) mass is 264 g/mol. The predicted octanol–water partition coefficient (Wildman–Crippen LogP) is 2.52. The molecule has 1 N–H and O–H groups in total. The van der Waals surface area contributed by atoms with E-state index in [9.17, 15) is 8.78 Å². The number of aromatic nitrogens is 2. The number of fused-ring (bicyclic) bond motifs is 1. The van der Waals surface area contributed by atoms with Gasteiger partial charge in [-0.3, -0.25) is 4.57 Å². The Kier molecular flexibility index (Phi) is 3.06. The van der Waals surface area contributed by atoms with Gasteiger partial charge in [0.25, 0.3) is 0 Å². The van der Waals surface area contributed by atoms with Crippen molar-refractivity contribution in [3.8, 4) is 5.69 Å². The van der Waals surface area contributed by atoms with E-state index in [1.54, 1.807) is 0 Å². The first-order valence-electron chi connectivity index (χ1n) is 6.35. The highest BCUT2D eigenvalue weighted by Gasteiger charge is 2.20. The molecular formula is C14H14F2N2O. The topological polar surface area (TPSA) is 38.0 Å². The van der Waals surface area contributed by atoms with E-state index in [0.717, 1.165) is 49.2 Å². The van der Waals surface area contributed by atoms with Crippen LogP contribution in [-0.2, 0) is 19.4 Å². The molecule has 0 spiro atoms. The average Bonchev–Trinajstić information content (AvgIpc) is 2.82. The van der Waals surface area contributed by atoms with Crippen molar-refractivity contribution in [2.45, 2.75) is 32.3 Å². The number of halogens is 2. The molecule has 100 valence electrons. The normalized spacial score (nSPS) is 14.5. The summed E-state index contributed by atoms with van der Waals surface area (Å²) in [5.74, 6) is -1.34. The third-order valence-corrected chi connectivity index (χ3v) is 3.53. The van der Waals surface area contributed by atoms with Crippen LogP contribution in [0, 0.1) is 11.6 Å². The van der Waals surface area contributed by atoms with Gasteiger partial charge in [0.2, 0.25) is 0 Å². The van der Waals surface area contributed by atoms with Crippen molar-refractivity contribution < 1.29 is 13.9 Å². The molecule has 3 nitrogen and oxygen atoms in total. The van der Waals surface area contributed by atoms with Crippen LogP contribution in [0.15, 0.2) is 18.5 Å². The highest BCUT2D eigenvalue weighted by atomic mass is 19.1. The molecule has 0 amide bonds. The standard InChI is InChI=1S/C14H14F2N2O/c15-10-5-9(7-19)6-11(16)14(10)18-8-17-12-3-1-2-4-13(12)18/h5-6,8,19H,1-4,7H2. The third-order valence-electron chi connectivity index (χ3n) is 3.53. The number of hydrogen-bond donors (Lipinski definition) is 1. The first-order chi connectivity index (χ1) is 9.20. The van der Waals surface area contributed by atoms with Crippen LogP contribution in [0.5, 0.6) is 0 Å². The first-order valence-corrected chi connectivity index (χ1v) is 6.35. The zero-order valence-electron chi connectivity index (χ0n) is 10.4. The van der Waals surface area contributed by atoms with Crippen LogP contribution < -0.4 is 0 Å². The van der Waals surface area contributed by atoms with E-state index >= 15 is 0 Å². The largest absolute Gasteiger partial charge is 0.392 e. The fraction of sp³-hybridized carbons (Fsp3) is 0.357. The van der Waals surface area contributed by atoms with Gasteiger partial charge in [-0.2, -0.15) is 0 Å². The van der Waals surface area contributed by atoms with Crippen LogP contribution in [-0.4, -0.2) is 14.7 Å². The quantitative estimate of drug-likeness (QED) is 0.905. The van der Waals surface area contributed by atoms with Crippen LogP contribution in [0.25, 0.3) is 5.69 Å². The van der Waals surface area contributed by atoms with Gasteiger partial charge in [-0.25, -0.2) is 13.8 Å². The highest BCUT2D eigenvalue weighted by molar-refractivity contribution is 5.41. The second-order valence-corrected chi connectivity index (χ2v) is 4.78. The van der Waals surface area contributed by atoms with Crippen molar-refractivity contribution in [1.29, 1.82) is 0 Å². The summed E-state index contributed by atoms with van der Waals surface area (Å²) in [4.78, 5) is 4.24. The second kappa shape index (κ2) is 4.74. The molecule has 0 fully saturated rings. The number of aryl methyl sites for hydroxylation is 1. The number of aliphatic hydroxyl groups is 1. The molecular weight excluding hydrogens is 250 g/mol. The van der Waals surface area contributed by atoms with Gasteiger partial charge >= 0.3 is 0 Å². The minimum absolute atomic E-state index is 0.104. The lowest BCUT2D eigenvalue weighted by Crippen LogP contribution is -2.10. The van der Waals surface area contributed by atoms with Crippen LogP contribution in [0.3, 0.4) is 0 Å². The number of imidazole rings is 1. The van der Waals surface area contributed by atoms with Crippen molar-refractivity contribution in [1.82, 2.24) is 9.55 Å². The zero-order valence-corrected chi connectivity index (χ0v) is 10.4. The molecule has 0 radical (unpaired) electrons. The van der Waals surface area contributed by atoms with Gasteiger partial charge < -0.3 is 5.11 Å². The van der Waals surface area contributed by atoms with Gasteiger partial charge in [0, 0.05) is 5.69 Å². The number of benzene rings is 1. The van der Waals surface area contributed by atoms with E-state index in [-0.39, 0.29) is 17.9 Å². The summed E-state index contributed by atoms with van der Waals surface area (Å²) in [6.45, 7) is -0.379. The fourth-order valence-electron chi connectivity index (χ4n) is 2.60. The molecule has 1 aromatic carbocycles. The molecule has 3 rings (SSSR count). The Hall–Kier alpha value is -1.75. The highest BCUT2D eigenvalue weighted by Crippen LogP contribution is 2.26. The molecule has 5 heteroatoms. The molecule has 1 aliphatic carbocycles. The number of rotatable bonds is 2. The average molecular weight is 264 g/mol. The van der Waals surface area contributed by atoms with Crippen LogP contribution >= 0.6 is 0 Å². The van der Waals surface area contributed by atoms with Gasteiger partial charge in [0.05, 0.1) is 18.6 Å². The smallest absolute Gasteiger partial charge is 0.150 e. The maximum absolute atomic E-state index is 14.0. The van der Waals surface area contributed by atoms with Crippen LogP contribution in [0.1, 0.15) is 29.8 Å². The first kappa shape index (κ1) is 12.3. The fourth-order valence-corrected chi connectivity index (χ4v) is 2.60. The Balaban J connectivity index is 2.14. The molecule has 0 saturated heterocycles. The van der Waals surface area contributed by atoms with E-state index in [0.29, 0.717) is 0 Å². The van der Waals surface area contributed by atoms with Crippen LogP contribution in [0.2, 0.25) is 0 Å². The van der Waals surface area contributed by atoms with E-state index in [1.165, 1.54) is 10.9 Å². The van der Waals surface area contributed by atoms with Crippen molar-refractivity contribution in [3.05, 3.63) is 47.0 Å².